The maximum atomic E-state index is 13.0. The van der Waals surface area contributed by atoms with Gasteiger partial charge in [0, 0.05) is 12.2 Å². The summed E-state index contributed by atoms with van der Waals surface area (Å²) >= 11 is 3.06. The molecule has 0 N–H and O–H groups in total. The van der Waals surface area contributed by atoms with Crippen LogP contribution in [0.5, 0.6) is 0 Å². The highest BCUT2D eigenvalue weighted by Crippen LogP contribution is 2.31. The van der Waals surface area contributed by atoms with Gasteiger partial charge in [-0.25, -0.2) is 0 Å². The number of para-hydroxylation sites is 2. The fourth-order valence-corrected chi connectivity index (χ4v) is 4.88. The molecule has 0 spiro atoms. The smallest absolute Gasteiger partial charge is 0.240 e. The standard InChI is InChI=1S/C19H18N4OS2/c1-3-22(14-9-5-4-6-10-14)17(24)13(2)25-18-20-21-19-23(18)15-11-7-8-12-16(15)26-19/h4-13H,3H2,1-2H3/t13-/m1/s1. The van der Waals surface area contributed by atoms with Crippen molar-refractivity contribution < 1.29 is 4.79 Å². The molecule has 0 bridgehead atoms. The predicted molar refractivity (Wildman–Crippen MR) is 108 cm³/mol. The van der Waals surface area contributed by atoms with Gasteiger partial charge in [-0.3, -0.25) is 9.20 Å². The van der Waals surface area contributed by atoms with E-state index in [1.807, 2.05) is 65.6 Å². The number of aromatic nitrogens is 3. The van der Waals surface area contributed by atoms with Gasteiger partial charge in [-0.1, -0.05) is 53.4 Å². The molecule has 1 amide bonds. The molecule has 4 aromatic rings. The molecule has 0 aliphatic rings. The number of thiazole rings is 1. The van der Waals surface area contributed by atoms with Gasteiger partial charge >= 0.3 is 0 Å². The molecule has 0 fully saturated rings. The molecular weight excluding hydrogens is 364 g/mol. The van der Waals surface area contributed by atoms with Crippen molar-refractivity contribution in [1.82, 2.24) is 14.6 Å². The lowest BCUT2D eigenvalue weighted by molar-refractivity contribution is -0.117. The first kappa shape index (κ1) is 17.1. The van der Waals surface area contributed by atoms with Crippen molar-refractivity contribution in [3.05, 3.63) is 54.6 Å². The summed E-state index contributed by atoms with van der Waals surface area (Å²) in [4.78, 5) is 15.6. The SMILES string of the molecule is CCN(C(=O)[C@@H](C)Sc1nnc2sc3ccccc3n12)c1ccccc1. The van der Waals surface area contributed by atoms with Gasteiger partial charge in [-0.15, -0.1) is 10.2 Å². The highest BCUT2D eigenvalue weighted by atomic mass is 32.2. The average Bonchev–Trinajstić information content (AvgIpc) is 3.23. The Balaban J connectivity index is 1.62. The van der Waals surface area contributed by atoms with Gasteiger partial charge in [0.1, 0.15) is 0 Å². The first-order valence-electron chi connectivity index (χ1n) is 8.44. The molecular formula is C19H18N4OS2. The molecule has 2 aromatic carbocycles. The Morgan fingerprint density at radius 3 is 2.65 bits per heavy atom. The number of carbonyl (C=O) groups is 1. The first-order chi connectivity index (χ1) is 12.7. The van der Waals surface area contributed by atoms with Crippen LogP contribution in [0.2, 0.25) is 0 Å². The number of benzene rings is 2. The summed E-state index contributed by atoms with van der Waals surface area (Å²) < 4.78 is 3.20. The van der Waals surface area contributed by atoms with Crippen LogP contribution in [0.1, 0.15) is 13.8 Å². The van der Waals surface area contributed by atoms with Crippen molar-refractivity contribution in [2.24, 2.45) is 0 Å². The zero-order valence-corrected chi connectivity index (χ0v) is 16.1. The Hall–Kier alpha value is -2.38. The van der Waals surface area contributed by atoms with Gasteiger partial charge < -0.3 is 4.90 Å². The maximum Gasteiger partial charge on any atom is 0.240 e. The monoisotopic (exact) mass is 382 g/mol. The van der Waals surface area contributed by atoms with Crippen LogP contribution in [0.25, 0.3) is 15.2 Å². The van der Waals surface area contributed by atoms with E-state index in [1.54, 1.807) is 11.3 Å². The lowest BCUT2D eigenvalue weighted by Crippen LogP contribution is -2.36. The molecule has 0 saturated carbocycles. The van der Waals surface area contributed by atoms with Crippen molar-refractivity contribution in [3.8, 4) is 0 Å². The molecule has 1 atom stereocenters. The van der Waals surface area contributed by atoms with E-state index < -0.39 is 0 Å². The molecule has 0 aliphatic heterocycles. The maximum absolute atomic E-state index is 13.0. The van der Waals surface area contributed by atoms with E-state index in [0.717, 1.165) is 26.0 Å². The van der Waals surface area contributed by atoms with Gasteiger partial charge in [-0.05, 0) is 38.1 Å². The van der Waals surface area contributed by atoms with Gasteiger partial charge in [-0.2, -0.15) is 0 Å². The van der Waals surface area contributed by atoms with E-state index in [9.17, 15) is 4.79 Å². The van der Waals surface area contributed by atoms with E-state index in [1.165, 1.54) is 11.8 Å². The van der Waals surface area contributed by atoms with Crippen molar-refractivity contribution in [2.75, 3.05) is 11.4 Å². The molecule has 0 aliphatic carbocycles. The molecule has 132 valence electrons. The lowest BCUT2D eigenvalue weighted by Gasteiger charge is -2.23. The third-order valence-electron chi connectivity index (χ3n) is 4.19. The zero-order valence-electron chi connectivity index (χ0n) is 14.5. The summed E-state index contributed by atoms with van der Waals surface area (Å²) in [7, 11) is 0. The second-order valence-electron chi connectivity index (χ2n) is 5.85. The molecule has 0 radical (unpaired) electrons. The van der Waals surface area contributed by atoms with Crippen LogP contribution < -0.4 is 4.90 Å². The molecule has 26 heavy (non-hydrogen) atoms. The lowest BCUT2D eigenvalue weighted by atomic mass is 10.2. The van der Waals surface area contributed by atoms with Crippen molar-refractivity contribution in [2.45, 2.75) is 24.3 Å². The van der Waals surface area contributed by atoms with E-state index in [2.05, 4.69) is 22.3 Å². The minimum absolute atomic E-state index is 0.0694. The van der Waals surface area contributed by atoms with Crippen LogP contribution in [0.15, 0.2) is 59.8 Å². The Morgan fingerprint density at radius 1 is 1.15 bits per heavy atom. The van der Waals surface area contributed by atoms with Crippen LogP contribution in [0.3, 0.4) is 0 Å². The van der Waals surface area contributed by atoms with E-state index in [4.69, 9.17) is 0 Å². The van der Waals surface area contributed by atoms with Crippen LogP contribution in [0.4, 0.5) is 5.69 Å². The van der Waals surface area contributed by atoms with Crippen molar-refractivity contribution in [3.63, 3.8) is 0 Å². The molecule has 2 heterocycles. The van der Waals surface area contributed by atoms with Crippen molar-refractivity contribution in [1.29, 1.82) is 0 Å². The summed E-state index contributed by atoms with van der Waals surface area (Å²) in [6.07, 6.45) is 0. The zero-order chi connectivity index (χ0) is 18.1. The summed E-state index contributed by atoms with van der Waals surface area (Å²) in [5.41, 5.74) is 2.00. The molecule has 0 unspecified atom stereocenters. The van der Waals surface area contributed by atoms with Crippen LogP contribution in [-0.2, 0) is 4.79 Å². The molecule has 7 heteroatoms. The number of thioether (sulfide) groups is 1. The first-order valence-corrected chi connectivity index (χ1v) is 10.1. The number of rotatable bonds is 5. The summed E-state index contributed by atoms with van der Waals surface area (Å²) in [6.45, 7) is 4.54. The minimum Gasteiger partial charge on any atom is -0.312 e. The number of fused-ring (bicyclic) bond motifs is 3. The summed E-state index contributed by atoms with van der Waals surface area (Å²) in [6, 6.07) is 17.9. The van der Waals surface area contributed by atoms with Crippen LogP contribution in [-0.4, -0.2) is 32.3 Å². The third kappa shape index (κ3) is 2.97. The Morgan fingerprint density at radius 2 is 1.88 bits per heavy atom. The number of hydrogen-bond donors (Lipinski definition) is 0. The molecule has 2 aromatic heterocycles. The van der Waals surface area contributed by atoms with Crippen LogP contribution in [0, 0.1) is 0 Å². The second-order valence-corrected chi connectivity index (χ2v) is 8.17. The highest BCUT2D eigenvalue weighted by Gasteiger charge is 2.24. The second kappa shape index (κ2) is 7.09. The van der Waals surface area contributed by atoms with Gasteiger partial charge in [0.05, 0.1) is 15.5 Å². The summed E-state index contributed by atoms with van der Waals surface area (Å²) in [5, 5.41) is 9.07. The Labute approximate surface area is 159 Å². The number of nitrogens with zero attached hydrogens (tertiary/aromatic N) is 4. The number of hydrogen-bond acceptors (Lipinski definition) is 5. The predicted octanol–water partition coefficient (Wildman–Crippen LogP) is 4.48. The molecule has 5 nitrogen and oxygen atoms in total. The third-order valence-corrected chi connectivity index (χ3v) is 6.23. The van der Waals surface area contributed by atoms with Crippen LogP contribution >= 0.6 is 23.1 Å². The van der Waals surface area contributed by atoms with Gasteiger partial charge in [0.25, 0.3) is 0 Å². The average molecular weight is 383 g/mol. The molecule has 4 rings (SSSR count). The number of anilines is 1. The Kier molecular flexibility index (Phi) is 4.65. The quantitative estimate of drug-likeness (QED) is 0.478. The topological polar surface area (TPSA) is 50.5 Å². The molecule has 0 saturated heterocycles. The highest BCUT2D eigenvalue weighted by molar-refractivity contribution is 8.00. The Bertz CT molecular complexity index is 1060. The van der Waals surface area contributed by atoms with E-state index in [-0.39, 0.29) is 11.2 Å². The number of carbonyl (C=O) groups excluding carboxylic acids is 1. The van der Waals surface area contributed by atoms with Gasteiger partial charge in [0.2, 0.25) is 10.9 Å². The summed E-state index contributed by atoms with van der Waals surface area (Å²) in [5.74, 6) is 0.0694. The fourth-order valence-electron chi connectivity index (χ4n) is 2.93. The van der Waals surface area contributed by atoms with E-state index in [0.29, 0.717) is 6.54 Å². The van der Waals surface area contributed by atoms with E-state index >= 15 is 0 Å². The largest absolute Gasteiger partial charge is 0.312 e. The minimum atomic E-state index is -0.263. The number of amides is 1. The van der Waals surface area contributed by atoms with Crippen molar-refractivity contribution >= 4 is 49.9 Å². The normalized spacial score (nSPS) is 12.5. The fraction of sp³-hybridized carbons (Fsp3) is 0.211. The van der Waals surface area contributed by atoms with Gasteiger partial charge in [0.15, 0.2) is 5.16 Å².